The van der Waals surface area contributed by atoms with Crippen LogP contribution in [0.5, 0.6) is 0 Å². The van der Waals surface area contributed by atoms with E-state index in [1.54, 1.807) is 25.7 Å². The van der Waals surface area contributed by atoms with Crippen LogP contribution in [-0.2, 0) is 0 Å². The first-order valence-corrected chi connectivity index (χ1v) is 6.98. The lowest BCUT2D eigenvalue weighted by Crippen LogP contribution is -2.28. The summed E-state index contributed by atoms with van der Waals surface area (Å²) in [5, 5.41) is 0. The topological polar surface area (TPSA) is 0 Å². The van der Waals surface area contributed by atoms with Crippen molar-refractivity contribution < 1.29 is 0 Å². The number of alkyl halides is 1. The van der Waals surface area contributed by atoms with Gasteiger partial charge in [0.15, 0.2) is 0 Å². The minimum Gasteiger partial charge on any atom is -0.0861 e. The van der Waals surface area contributed by atoms with Gasteiger partial charge in [-0.3, -0.25) is 0 Å². The first-order valence-electron chi connectivity index (χ1n) is 5.46. The van der Waals surface area contributed by atoms with Crippen LogP contribution < -0.4 is 0 Å². The van der Waals surface area contributed by atoms with Crippen LogP contribution in [-0.4, -0.2) is 4.43 Å². The van der Waals surface area contributed by atoms with Crippen LogP contribution in [0.25, 0.3) is 0 Å². The first kappa shape index (κ1) is 9.29. The van der Waals surface area contributed by atoms with E-state index in [-0.39, 0.29) is 0 Å². The van der Waals surface area contributed by atoms with Crippen molar-refractivity contribution in [2.75, 3.05) is 4.43 Å². The molecular formula is C11H19I. The predicted octanol–water partition coefficient (Wildman–Crippen LogP) is 4.03. The third kappa shape index (κ3) is 1.97. The normalized spacial score (nSPS) is 42.2. The molecule has 0 radical (unpaired) electrons. The average molecular weight is 278 g/mol. The van der Waals surface area contributed by atoms with Gasteiger partial charge in [-0.05, 0) is 37.0 Å². The summed E-state index contributed by atoms with van der Waals surface area (Å²) in [5.41, 5.74) is 0. The molecule has 2 aliphatic rings. The average Bonchev–Trinajstić information content (AvgIpc) is 2.17. The number of rotatable bonds is 1. The van der Waals surface area contributed by atoms with Gasteiger partial charge >= 0.3 is 0 Å². The summed E-state index contributed by atoms with van der Waals surface area (Å²) in [4.78, 5) is 0. The van der Waals surface area contributed by atoms with Gasteiger partial charge in [0.2, 0.25) is 0 Å². The van der Waals surface area contributed by atoms with E-state index in [4.69, 9.17) is 0 Å². The highest BCUT2D eigenvalue weighted by Crippen LogP contribution is 2.42. The highest BCUT2D eigenvalue weighted by atomic mass is 127. The molecule has 3 atom stereocenters. The Labute approximate surface area is 89.6 Å². The fourth-order valence-electron chi connectivity index (χ4n) is 3.11. The zero-order valence-corrected chi connectivity index (χ0v) is 9.92. The summed E-state index contributed by atoms with van der Waals surface area (Å²) in [6.07, 6.45) is 10.8. The SMILES string of the molecule is IC[C@@H]1CC[C@@H]2CCCC[C@H]2C1. The second-order valence-corrected chi connectivity index (χ2v) is 5.52. The zero-order valence-electron chi connectivity index (χ0n) is 7.77. The molecule has 2 aliphatic carbocycles. The largest absolute Gasteiger partial charge is 0.0861 e. The molecule has 1 heteroatoms. The molecule has 0 bridgehead atoms. The van der Waals surface area contributed by atoms with Crippen LogP contribution in [0.4, 0.5) is 0 Å². The molecule has 0 aromatic rings. The fourth-order valence-corrected chi connectivity index (χ4v) is 3.91. The Balaban J connectivity index is 1.90. The molecule has 0 nitrogen and oxygen atoms in total. The van der Waals surface area contributed by atoms with Gasteiger partial charge in [-0.15, -0.1) is 0 Å². The highest BCUT2D eigenvalue weighted by molar-refractivity contribution is 14.1. The van der Waals surface area contributed by atoms with Crippen molar-refractivity contribution in [1.29, 1.82) is 0 Å². The van der Waals surface area contributed by atoms with Gasteiger partial charge in [0.05, 0.1) is 0 Å². The second-order valence-electron chi connectivity index (χ2n) is 4.64. The Morgan fingerprint density at radius 3 is 2.42 bits per heavy atom. The van der Waals surface area contributed by atoms with Crippen LogP contribution >= 0.6 is 22.6 Å². The molecule has 0 N–H and O–H groups in total. The third-order valence-corrected chi connectivity index (χ3v) is 5.11. The Kier molecular flexibility index (Phi) is 3.33. The van der Waals surface area contributed by atoms with Crippen molar-refractivity contribution in [3.8, 4) is 0 Å². The van der Waals surface area contributed by atoms with Gasteiger partial charge in [0.1, 0.15) is 0 Å². The molecular weight excluding hydrogens is 259 g/mol. The van der Waals surface area contributed by atoms with Crippen molar-refractivity contribution in [2.24, 2.45) is 17.8 Å². The summed E-state index contributed by atoms with van der Waals surface area (Å²) in [7, 11) is 0. The van der Waals surface area contributed by atoms with E-state index in [1.807, 2.05) is 0 Å². The van der Waals surface area contributed by atoms with Gasteiger partial charge in [0.25, 0.3) is 0 Å². The van der Waals surface area contributed by atoms with Crippen LogP contribution in [0.3, 0.4) is 0 Å². The summed E-state index contributed by atoms with van der Waals surface area (Å²) in [6, 6.07) is 0. The molecule has 0 amide bonds. The molecule has 0 unspecified atom stereocenters. The Hall–Kier alpha value is 0.730. The molecule has 0 aromatic heterocycles. The number of hydrogen-bond acceptors (Lipinski definition) is 0. The van der Waals surface area contributed by atoms with Crippen molar-refractivity contribution in [3.05, 3.63) is 0 Å². The molecule has 0 spiro atoms. The molecule has 2 saturated carbocycles. The van der Waals surface area contributed by atoms with E-state index in [1.165, 1.54) is 23.7 Å². The molecule has 0 aromatic carbocycles. The maximum absolute atomic E-state index is 2.57. The minimum absolute atomic E-state index is 1.07. The van der Waals surface area contributed by atoms with Crippen LogP contribution in [0, 0.1) is 17.8 Å². The maximum atomic E-state index is 2.57. The molecule has 2 fully saturated rings. The van der Waals surface area contributed by atoms with Crippen molar-refractivity contribution >= 4 is 22.6 Å². The zero-order chi connectivity index (χ0) is 8.39. The van der Waals surface area contributed by atoms with E-state index in [9.17, 15) is 0 Å². The number of hydrogen-bond donors (Lipinski definition) is 0. The van der Waals surface area contributed by atoms with Gasteiger partial charge in [0, 0.05) is 4.43 Å². The summed E-state index contributed by atoms with van der Waals surface area (Å²) in [5.74, 6) is 3.34. The van der Waals surface area contributed by atoms with Gasteiger partial charge in [-0.25, -0.2) is 0 Å². The molecule has 0 saturated heterocycles. The van der Waals surface area contributed by atoms with Crippen LogP contribution in [0.2, 0.25) is 0 Å². The standard InChI is InChI=1S/C11H19I/c12-8-9-5-6-10-3-1-2-4-11(10)7-9/h9-11H,1-8H2/t9-,10+,11+/m1/s1. The Morgan fingerprint density at radius 2 is 1.67 bits per heavy atom. The smallest absolute Gasteiger partial charge is 0.00238 e. The van der Waals surface area contributed by atoms with Crippen molar-refractivity contribution in [3.63, 3.8) is 0 Å². The summed E-state index contributed by atoms with van der Waals surface area (Å²) in [6.45, 7) is 0. The monoisotopic (exact) mass is 278 g/mol. The maximum Gasteiger partial charge on any atom is 0.00238 e. The van der Waals surface area contributed by atoms with Crippen molar-refractivity contribution in [1.82, 2.24) is 0 Å². The lowest BCUT2D eigenvalue weighted by atomic mass is 9.68. The summed E-state index contributed by atoms with van der Waals surface area (Å²) < 4.78 is 1.40. The molecule has 12 heavy (non-hydrogen) atoms. The van der Waals surface area contributed by atoms with E-state index < -0.39 is 0 Å². The fraction of sp³-hybridized carbons (Fsp3) is 1.00. The Bertz CT molecular complexity index is 144. The van der Waals surface area contributed by atoms with E-state index >= 15 is 0 Å². The third-order valence-electron chi connectivity index (χ3n) is 3.87. The molecule has 0 aliphatic heterocycles. The van der Waals surface area contributed by atoms with E-state index in [2.05, 4.69) is 22.6 Å². The van der Waals surface area contributed by atoms with Gasteiger partial charge < -0.3 is 0 Å². The van der Waals surface area contributed by atoms with Crippen LogP contribution in [0.15, 0.2) is 0 Å². The summed E-state index contributed by atoms with van der Waals surface area (Å²) >= 11 is 2.57. The minimum atomic E-state index is 1.07. The highest BCUT2D eigenvalue weighted by Gasteiger charge is 2.31. The van der Waals surface area contributed by atoms with Crippen LogP contribution in [0.1, 0.15) is 44.9 Å². The van der Waals surface area contributed by atoms with Gasteiger partial charge in [-0.1, -0.05) is 48.3 Å². The molecule has 0 heterocycles. The second kappa shape index (κ2) is 4.30. The van der Waals surface area contributed by atoms with E-state index in [0.717, 1.165) is 17.8 Å². The molecule has 2 rings (SSSR count). The van der Waals surface area contributed by atoms with Gasteiger partial charge in [-0.2, -0.15) is 0 Å². The lowest BCUT2D eigenvalue weighted by molar-refractivity contribution is 0.140. The number of halogens is 1. The lowest BCUT2D eigenvalue weighted by Gasteiger charge is -2.38. The quantitative estimate of drug-likeness (QED) is 0.502. The van der Waals surface area contributed by atoms with E-state index in [0.29, 0.717) is 0 Å². The van der Waals surface area contributed by atoms with Crippen molar-refractivity contribution in [2.45, 2.75) is 44.9 Å². The predicted molar refractivity (Wildman–Crippen MR) is 61.7 cm³/mol. The molecule has 70 valence electrons. The Morgan fingerprint density at radius 1 is 0.917 bits per heavy atom. The first-order chi connectivity index (χ1) is 5.90. The number of fused-ring (bicyclic) bond motifs is 1.